The summed E-state index contributed by atoms with van der Waals surface area (Å²) in [6.07, 6.45) is 6.43. The van der Waals surface area contributed by atoms with E-state index in [0.29, 0.717) is 6.54 Å². The Hall–Kier alpha value is -0.970. The third-order valence-electron chi connectivity index (χ3n) is 1.75. The van der Waals surface area contributed by atoms with Gasteiger partial charge in [-0.2, -0.15) is 0 Å². The normalized spacial score (nSPS) is 10.1. The quantitative estimate of drug-likeness (QED) is 0.746. The number of imidazole rings is 1. The zero-order valence-electron chi connectivity index (χ0n) is 8.49. The van der Waals surface area contributed by atoms with Gasteiger partial charge in [-0.15, -0.1) is 0 Å². The minimum atomic E-state index is 0.0418. The molecular formula is C9H15N3OS. The van der Waals surface area contributed by atoms with Crippen molar-refractivity contribution < 1.29 is 4.79 Å². The number of carbonyl (C=O) groups excluding carboxylic acids is 1. The Morgan fingerprint density at radius 3 is 3.14 bits per heavy atom. The summed E-state index contributed by atoms with van der Waals surface area (Å²) in [5.41, 5.74) is 0. The van der Waals surface area contributed by atoms with Crippen LogP contribution in [0, 0.1) is 0 Å². The molecular weight excluding hydrogens is 198 g/mol. The molecule has 0 radical (unpaired) electrons. The van der Waals surface area contributed by atoms with Gasteiger partial charge in [-0.3, -0.25) is 4.79 Å². The van der Waals surface area contributed by atoms with Crippen LogP contribution < -0.4 is 5.32 Å². The molecule has 0 fully saturated rings. The molecule has 4 nitrogen and oxygen atoms in total. The molecule has 0 spiro atoms. The summed E-state index contributed by atoms with van der Waals surface area (Å²) in [5.74, 6) is 0.0418. The van der Waals surface area contributed by atoms with Crippen molar-refractivity contribution in [1.82, 2.24) is 14.9 Å². The van der Waals surface area contributed by atoms with Gasteiger partial charge in [-0.1, -0.05) is 18.7 Å². The SMILES string of the molecule is CCCNC(=O)Cn1ccnc1SC. The van der Waals surface area contributed by atoms with Gasteiger partial charge in [-0.05, 0) is 12.7 Å². The number of thioether (sulfide) groups is 1. The van der Waals surface area contributed by atoms with Gasteiger partial charge in [-0.25, -0.2) is 4.98 Å². The van der Waals surface area contributed by atoms with Crippen molar-refractivity contribution in [3.05, 3.63) is 12.4 Å². The number of nitrogens with zero attached hydrogens (tertiary/aromatic N) is 2. The standard InChI is InChI=1S/C9H15N3OS/c1-3-4-10-8(13)7-12-6-5-11-9(12)14-2/h5-6H,3-4,7H2,1-2H3,(H,10,13). The van der Waals surface area contributed by atoms with Gasteiger partial charge in [0.2, 0.25) is 5.91 Å². The van der Waals surface area contributed by atoms with Gasteiger partial charge in [0.1, 0.15) is 6.54 Å². The average Bonchev–Trinajstić information content (AvgIpc) is 2.62. The second-order valence-corrected chi connectivity index (χ2v) is 3.67. The summed E-state index contributed by atoms with van der Waals surface area (Å²) >= 11 is 1.54. The van der Waals surface area contributed by atoms with Crippen LogP contribution in [0.15, 0.2) is 17.6 Å². The van der Waals surface area contributed by atoms with Gasteiger partial charge in [0, 0.05) is 18.9 Å². The Labute approximate surface area is 88.1 Å². The maximum Gasteiger partial charge on any atom is 0.240 e. The van der Waals surface area contributed by atoms with Crippen molar-refractivity contribution in [3.8, 4) is 0 Å². The maximum absolute atomic E-state index is 11.4. The first-order valence-electron chi connectivity index (χ1n) is 4.59. The Kier molecular flexibility index (Phi) is 4.52. The predicted octanol–water partition coefficient (Wildman–Crippen LogP) is 1.13. The first kappa shape index (κ1) is 11.1. The van der Waals surface area contributed by atoms with Crippen LogP contribution in [0.1, 0.15) is 13.3 Å². The van der Waals surface area contributed by atoms with E-state index in [1.165, 1.54) is 11.8 Å². The van der Waals surface area contributed by atoms with Crippen molar-refractivity contribution >= 4 is 17.7 Å². The van der Waals surface area contributed by atoms with Gasteiger partial charge in [0.15, 0.2) is 5.16 Å². The fraction of sp³-hybridized carbons (Fsp3) is 0.556. The number of hydrogen-bond donors (Lipinski definition) is 1. The average molecular weight is 213 g/mol. The number of amides is 1. The highest BCUT2D eigenvalue weighted by Crippen LogP contribution is 2.10. The van der Waals surface area contributed by atoms with E-state index in [1.807, 2.05) is 23.9 Å². The highest BCUT2D eigenvalue weighted by molar-refractivity contribution is 7.98. The second kappa shape index (κ2) is 5.70. The van der Waals surface area contributed by atoms with E-state index in [4.69, 9.17) is 0 Å². The molecule has 0 unspecified atom stereocenters. The number of hydrogen-bond acceptors (Lipinski definition) is 3. The molecule has 1 N–H and O–H groups in total. The molecule has 0 aromatic carbocycles. The van der Waals surface area contributed by atoms with Gasteiger partial charge in [0.05, 0.1) is 0 Å². The summed E-state index contributed by atoms with van der Waals surface area (Å²) in [4.78, 5) is 15.5. The molecule has 1 rings (SSSR count). The molecule has 1 amide bonds. The zero-order valence-corrected chi connectivity index (χ0v) is 9.30. The lowest BCUT2D eigenvalue weighted by molar-refractivity contribution is -0.121. The van der Waals surface area contributed by atoms with Crippen LogP contribution in [-0.4, -0.2) is 28.3 Å². The van der Waals surface area contributed by atoms with Gasteiger partial charge < -0.3 is 9.88 Å². The van der Waals surface area contributed by atoms with E-state index >= 15 is 0 Å². The summed E-state index contributed by atoms with van der Waals surface area (Å²) in [5, 5.41) is 3.70. The third kappa shape index (κ3) is 3.06. The first-order valence-corrected chi connectivity index (χ1v) is 5.82. The summed E-state index contributed by atoms with van der Waals surface area (Å²) in [6.45, 7) is 3.13. The molecule has 5 heteroatoms. The molecule has 14 heavy (non-hydrogen) atoms. The fourth-order valence-electron chi connectivity index (χ4n) is 1.08. The number of carbonyl (C=O) groups is 1. The van der Waals surface area contributed by atoms with E-state index in [-0.39, 0.29) is 5.91 Å². The van der Waals surface area contributed by atoms with Crippen molar-refractivity contribution in [1.29, 1.82) is 0 Å². The van der Waals surface area contributed by atoms with Crippen LogP contribution in [0.25, 0.3) is 0 Å². The molecule has 1 aromatic rings. The molecule has 0 saturated carbocycles. The lowest BCUT2D eigenvalue weighted by atomic mass is 10.4. The first-order chi connectivity index (χ1) is 6.77. The molecule has 0 aliphatic carbocycles. The van der Waals surface area contributed by atoms with Crippen LogP contribution in [0.4, 0.5) is 0 Å². The van der Waals surface area contributed by atoms with Crippen molar-refractivity contribution in [2.45, 2.75) is 25.0 Å². The fourth-order valence-corrected chi connectivity index (χ4v) is 1.61. The van der Waals surface area contributed by atoms with Gasteiger partial charge in [0.25, 0.3) is 0 Å². The van der Waals surface area contributed by atoms with Crippen molar-refractivity contribution in [2.75, 3.05) is 12.8 Å². The lowest BCUT2D eigenvalue weighted by Gasteiger charge is -2.06. The molecule has 1 aromatic heterocycles. The largest absolute Gasteiger partial charge is 0.355 e. The third-order valence-corrected chi connectivity index (χ3v) is 2.45. The maximum atomic E-state index is 11.4. The van der Waals surface area contributed by atoms with Crippen molar-refractivity contribution in [3.63, 3.8) is 0 Å². The van der Waals surface area contributed by atoms with E-state index in [1.54, 1.807) is 6.20 Å². The Morgan fingerprint density at radius 2 is 2.50 bits per heavy atom. The van der Waals surface area contributed by atoms with Crippen LogP contribution in [-0.2, 0) is 11.3 Å². The Morgan fingerprint density at radius 1 is 1.71 bits per heavy atom. The molecule has 0 aliphatic rings. The zero-order chi connectivity index (χ0) is 10.4. The summed E-state index contributed by atoms with van der Waals surface area (Å²) in [6, 6.07) is 0. The topological polar surface area (TPSA) is 46.9 Å². The highest BCUT2D eigenvalue weighted by Gasteiger charge is 2.05. The minimum absolute atomic E-state index is 0.0418. The van der Waals surface area contributed by atoms with Crippen LogP contribution >= 0.6 is 11.8 Å². The van der Waals surface area contributed by atoms with Crippen LogP contribution in [0.2, 0.25) is 0 Å². The molecule has 0 atom stereocenters. The molecule has 0 saturated heterocycles. The smallest absolute Gasteiger partial charge is 0.240 e. The highest BCUT2D eigenvalue weighted by atomic mass is 32.2. The second-order valence-electron chi connectivity index (χ2n) is 2.89. The summed E-state index contributed by atoms with van der Waals surface area (Å²) < 4.78 is 1.84. The Balaban J connectivity index is 2.47. The van der Waals surface area contributed by atoms with E-state index in [2.05, 4.69) is 10.3 Å². The van der Waals surface area contributed by atoms with Gasteiger partial charge >= 0.3 is 0 Å². The van der Waals surface area contributed by atoms with E-state index in [0.717, 1.165) is 18.1 Å². The van der Waals surface area contributed by atoms with Crippen LogP contribution in [0.5, 0.6) is 0 Å². The minimum Gasteiger partial charge on any atom is -0.355 e. The Bertz CT molecular complexity index is 298. The number of aromatic nitrogens is 2. The van der Waals surface area contributed by atoms with E-state index < -0.39 is 0 Å². The predicted molar refractivity (Wildman–Crippen MR) is 57.3 cm³/mol. The molecule has 1 heterocycles. The lowest BCUT2D eigenvalue weighted by Crippen LogP contribution is -2.28. The number of nitrogens with one attached hydrogen (secondary N) is 1. The molecule has 0 bridgehead atoms. The summed E-state index contributed by atoms with van der Waals surface area (Å²) in [7, 11) is 0. The number of rotatable bonds is 5. The van der Waals surface area contributed by atoms with E-state index in [9.17, 15) is 4.79 Å². The molecule has 0 aliphatic heterocycles. The molecule has 78 valence electrons. The monoisotopic (exact) mass is 213 g/mol. The van der Waals surface area contributed by atoms with Crippen molar-refractivity contribution in [2.24, 2.45) is 0 Å². The van der Waals surface area contributed by atoms with Crippen LogP contribution in [0.3, 0.4) is 0 Å².